The highest BCUT2D eigenvalue weighted by Crippen LogP contribution is 2.35. The van der Waals surface area contributed by atoms with Crippen molar-refractivity contribution in [2.45, 2.75) is 26.1 Å². The fraction of sp³-hybridized carbons (Fsp3) is 0.286. The maximum absolute atomic E-state index is 12.6. The van der Waals surface area contributed by atoms with Gasteiger partial charge in [-0.25, -0.2) is 0 Å². The van der Waals surface area contributed by atoms with Crippen LogP contribution in [0.25, 0.3) is 0 Å². The van der Waals surface area contributed by atoms with Crippen molar-refractivity contribution in [2.75, 3.05) is 5.32 Å². The molecule has 0 saturated carbocycles. The normalized spacial score (nSPS) is 11.5. The summed E-state index contributed by atoms with van der Waals surface area (Å²) in [7, 11) is 0. The van der Waals surface area contributed by atoms with Gasteiger partial charge in [-0.3, -0.25) is 19.6 Å². The Morgan fingerprint density at radius 2 is 1.88 bits per heavy atom. The van der Waals surface area contributed by atoms with Crippen LogP contribution in [-0.4, -0.2) is 20.6 Å². The van der Waals surface area contributed by atoms with E-state index in [2.05, 4.69) is 42.3 Å². The lowest BCUT2D eigenvalue weighted by Gasteiger charge is -2.10. The molecule has 0 spiro atoms. The van der Waals surface area contributed by atoms with Crippen molar-refractivity contribution < 1.29 is 22.9 Å². The Morgan fingerprint density at radius 3 is 2.35 bits per heavy atom. The van der Waals surface area contributed by atoms with Crippen molar-refractivity contribution >= 4 is 49.1 Å². The summed E-state index contributed by atoms with van der Waals surface area (Å²) >= 11 is 6.27. The number of hydrogen-bond acceptors (Lipinski definition) is 4. The topological polar surface area (TPSA) is 90.1 Å². The number of amides is 1. The average Bonchev–Trinajstić information content (AvgIpc) is 2.90. The smallest absolute Gasteiger partial charge is 0.324 e. The van der Waals surface area contributed by atoms with Crippen LogP contribution in [0.1, 0.15) is 17.8 Å². The van der Waals surface area contributed by atoms with E-state index in [9.17, 15) is 28.1 Å². The summed E-state index contributed by atoms with van der Waals surface area (Å²) < 4.78 is 39.6. The third-order valence-electron chi connectivity index (χ3n) is 3.32. The number of alkyl halides is 3. The number of carbonyl (C=O) groups excluding carboxylic acids is 1. The van der Waals surface area contributed by atoms with Crippen LogP contribution >= 0.6 is 31.9 Å². The number of carbonyl (C=O) groups is 1. The second kappa shape index (κ2) is 7.74. The van der Waals surface area contributed by atoms with Crippen LogP contribution in [0.4, 0.5) is 24.5 Å². The molecule has 0 unspecified atom stereocenters. The lowest BCUT2D eigenvalue weighted by molar-refractivity contribution is -0.385. The second-order valence-electron chi connectivity index (χ2n) is 5.23. The summed E-state index contributed by atoms with van der Waals surface area (Å²) in [5.41, 5.74) is -0.624. The highest BCUT2D eigenvalue weighted by atomic mass is 79.9. The van der Waals surface area contributed by atoms with Crippen LogP contribution in [0.2, 0.25) is 0 Å². The Bertz CT molecular complexity index is 845. The number of anilines is 1. The van der Waals surface area contributed by atoms with Gasteiger partial charge in [0, 0.05) is 39.7 Å². The van der Waals surface area contributed by atoms with Gasteiger partial charge < -0.3 is 5.32 Å². The molecule has 0 radical (unpaired) electrons. The van der Waals surface area contributed by atoms with Crippen molar-refractivity contribution in [3.63, 3.8) is 0 Å². The standard InChI is InChI=1S/C14H11Br2F3N4O3/c1-7-4-11(14(17,18)19)21-22(7)3-2-12(24)20-13-9(15)5-8(23(25)26)6-10(13)16/h4-6H,2-3H2,1H3,(H,20,24). The van der Waals surface area contributed by atoms with E-state index >= 15 is 0 Å². The van der Waals surface area contributed by atoms with Gasteiger partial charge >= 0.3 is 6.18 Å². The number of benzene rings is 1. The van der Waals surface area contributed by atoms with E-state index in [0.29, 0.717) is 8.95 Å². The van der Waals surface area contributed by atoms with Gasteiger partial charge in [-0.1, -0.05) is 0 Å². The van der Waals surface area contributed by atoms with Crippen LogP contribution in [0.5, 0.6) is 0 Å². The molecule has 0 aliphatic heterocycles. The number of nitrogens with zero attached hydrogens (tertiary/aromatic N) is 3. The predicted molar refractivity (Wildman–Crippen MR) is 93.7 cm³/mol. The zero-order valence-electron chi connectivity index (χ0n) is 13.1. The molecular formula is C14H11Br2F3N4O3. The van der Waals surface area contributed by atoms with Crippen molar-refractivity contribution in [1.29, 1.82) is 0 Å². The van der Waals surface area contributed by atoms with E-state index in [0.717, 1.165) is 10.7 Å². The highest BCUT2D eigenvalue weighted by Gasteiger charge is 2.34. The minimum Gasteiger partial charge on any atom is -0.324 e. The summed E-state index contributed by atoms with van der Waals surface area (Å²) in [6.45, 7) is 1.42. The fourth-order valence-corrected chi connectivity index (χ4v) is 3.43. The molecule has 2 rings (SSSR count). The summed E-state index contributed by atoms with van der Waals surface area (Å²) in [4.78, 5) is 22.3. The zero-order chi connectivity index (χ0) is 19.6. The highest BCUT2D eigenvalue weighted by molar-refractivity contribution is 9.11. The predicted octanol–water partition coefficient (Wildman–Crippen LogP) is 4.67. The molecule has 1 aromatic carbocycles. The maximum Gasteiger partial charge on any atom is 0.435 e. The minimum atomic E-state index is -4.55. The van der Waals surface area contributed by atoms with E-state index in [4.69, 9.17) is 0 Å². The first-order valence-corrected chi connectivity index (χ1v) is 8.62. The molecule has 0 saturated heterocycles. The van der Waals surface area contributed by atoms with Gasteiger partial charge in [-0.15, -0.1) is 0 Å². The van der Waals surface area contributed by atoms with Gasteiger partial charge in [0.05, 0.1) is 10.6 Å². The monoisotopic (exact) mass is 498 g/mol. The molecule has 0 fully saturated rings. The van der Waals surface area contributed by atoms with Gasteiger partial charge in [0.1, 0.15) is 0 Å². The first-order chi connectivity index (χ1) is 12.0. The Balaban J connectivity index is 2.06. The number of halogens is 5. The Morgan fingerprint density at radius 1 is 1.31 bits per heavy atom. The zero-order valence-corrected chi connectivity index (χ0v) is 16.3. The molecule has 140 valence electrons. The summed E-state index contributed by atoms with van der Waals surface area (Å²) in [6, 6.07) is 3.36. The van der Waals surface area contributed by atoms with Crippen LogP contribution in [0.15, 0.2) is 27.1 Å². The van der Waals surface area contributed by atoms with Gasteiger partial charge in [0.25, 0.3) is 5.69 Å². The molecule has 7 nitrogen and oxygen atoms in total. The van der Waals surface area contributed by atoms with Gasteiger partial charge in [-0.2, -0.15) is 18.3 Å². The Labute approximate surface area is 162 Å². The number of non-ortho nitro benzene ring substituents is 1. The van der Waals surface area contributed by atoms with Crippen LogP contribution in [0.3, 0.4) is 0 Å². The average molecular weight is 500 g/mol. The molecule has 0 aliphatic rings. The SMILES string of the molecule is Cc1cc(C(F)(F)F)nn1CCC(=O)Nc1c(Br)cc([N+](=O)[O-])cc1Br. The summed E-state index contributed by atoms with van der Waals surface area (Å²) in [6.07, 6.45) is -4.68. The third kappa shape index (κ3) is 4.81. The van der Waals surface area contributed by atoms with Crippen molar-refractivity contribution in [2.24, 2.45) is 0 Å². The van der Waals surface area contributed by atoms with Crippen LogP contribution < -0.4 is 5.32 Å². The largest absolute Gasteiger partial charge is 0.435 e. The van der Waals surface area contributed by atoms with Gasteiger partial charge in [0.2, 0.25) is 5.91 Å². The van der Waals surface area contributed by atoms with E-state index < -0.39 is 22.7 Å². The van der Waals surface area contributed by atoms with Crippen LogP contribution in [-0.2, 0) is 17.5 Å². The minimum absolute atomic E-state index is 0.0457. The van der Waals surface area contributed by atoms with E-state index in [-0.39, 0.29) is 30.0 Å². The molecule has 26 heavy (non-hydrogen) atoms. The second-order valence-corrected chi connectivity index (χ2v) is 6.94. The molecular weight excluding hydrogens is 489 g/mol. The number of aromatic nitrogens is 2. The third-order valence-corrected chi connectivity index (χ3v) is 4.58. The first kappa shape index (κ1) is 20.4. The molecule has 12 heteroatoms. The van der Waals surface area contributed by atoms with Crippen LogP contribution in [0, 0.1) is 17.0 Å². The Hall–Kier alpha value is -1.95. The van der Waals surface area contributed by atoms with E-state index in [1.165, 1.54) is 19.1 Å². The molecule has 1 heterocycles. The van der Waals surface area contributed by atoms with E-state index in [1.807, 2.05) is 0 Å². The Kier molecular flexibility index (Phi) is 6.06. The van der Waals surface area contributed by atoms with Crippen molar-refractivity contribution in [1.82, 2.24) is 9.78 Å². The van der Waals surface area contributed by atoms with Gasteiger partial charge in [-0.05, 0) is 44.8 Å². The molecule has 2 aromatic rings. The van der Waals surface area contributed by atoms with Gasteiger partial charge in [0.15, 0.2) is 5.69 Å². The summed E-state index contributed by atoms with van der Waals surface area (Å²) in [5.74, 6) is -0.483. The molecule has 0 atom stereocenters. The van der Waals surface area contributed by atoms with Crippen molar-refractivity contribution in [3.8, 4) is 0 Å². The fourth-order valence-electron chi connectivity index (χ4n) is 2.07. The molecule has 0 aliphatic carbocycles. The number of aryl methyl sites for hydroxylation is 2. The molecule has 1 N–H and O–H groups in total. The van der Waals surface area contributed by atoms with Crippen molar-refractivity contribution in [3.05, 3.63) is 48.6 Å². The molecule has 1 aromatic heterocycles. The number of hydrogen-bond donors (Lipinski definition) is 1. The number of nitro benzene ring substituents is 1. The quantitative estimate of drug-likeness (QED) is 0.478. The number of rotatable bonds is 5. The lowest BCUT2D eigenvalue weighted by Crippen LogP contribution is -2.16. The molecule has 1 amide bonds. The number of nitrogens with one attached hydrogen (secondary N) is 1. The number of nitro groups is 1. The maximum atomic E-state index is 12.6. The first-order valence-electron chi connectivity index (χ1n) is 7.04. The summed E-state index contributed by atoms with van der Waals surface area (Å²) in [5, 5.41) is 16.8. The molecule has 0 bridgehead atoms. The van der Waals surface area contributed by atoms with E-state index in [1.54, 1.807) is 0 Å². The lowest BCUT2D eigenvalue weighted by atomic mass is 10.2.